The third kappa shape index (κ3) is 3.73. The lowest BCUT2D eigenvalue weighted by Gasteiger charge is -2.21. The van der Waals surface area contributed by atoms with E-state index in [1.807, 2.05) is 6.92 Å². The average molecular weight is 213 g/mol. The van der Waals surface area contributed by atoms with Gasteiger partial charge in [0.1, 0.15) is 5.57 Å². The molecule has 0 aliphatic rings. The number of Topliss-reactive ketones (excluding diaryl/α,β-unsaturated/α-hetero) is 1. The molecule has 0 aliphatic heterocycles. The second-order valence-electron chi connectivity index (χ2n) is 4.38. The molecule has 0 fully saturated rings. The summed E-state index contributed by atoms with van der Waals surface area (Å²) >= 11 is 0. The fourth-order valence-electron chi connectivity index (χ4n) is 0.994. The highest BCUT2D eigenvalue weighted by molar-refractivity contribution is 6.18. The van der Waals surface area contributed by atoms with Crippen LogP contribution in [0.5, 0.6) is 0 Å². The van der Waals surface area contributed by atoms with Crippen molar-refractivity contribution in [2.24, 2.45) is 5.41 Å². The molecule has 0 atom stereocenters. The Morgan fingerprint density at radius 1 is 1.33 bits per heavy atom. The van der Waals surface area contributed by atoms with Crippen molar-refractivity contribution in [3.8, 4) is 0 Å². The van der Waals surface area contributed by atoms with Gasteiger partial charge in [-0.3, -0.25) is 4.79 Å². The molecule has 1 N–H and O–H groups in total. The molecule has 86 valence electrons. The Balaban J connectivity index is 5.14. The first kappa shape index (κ1) is 13.7. The number of aliphatic carboxylic acids is 1. The second kappa shape index (κ2) is 4.96. The van der Waals surface area contributed by atoms with Gasteiger partial charge in [0.05, 0.1) is 0 Å². The van der Waals surface area contributed by atoms with E-state index in [1.165, 1.54) is 6.20 Å². The third-order valence-electron chi connectivity index (χ3n) is 2.36. The second-order valence-corrected chi connectivity index (χ2v) is 4.38. The summed E-state index contributed by atoms with van der Waals surface area (Å²) in [5.74, 6) is -1.50. The topological polar surface area (TPSA) is 57.6 Å². The molecular formula is C11H19NO3. The number of carbonyl (C=O) groups excluding carboxylic acids is 1. The van der Waals surface area contributed by atoms with Gasteiger partial charge in [-0.05, 0) is 6.42 Å². The van der Waals surface area contributed by atoms with Gasteiger partial charge in [-0.1, -0.05) is 20.8 Å². The summed E-state index contributed by atoms with van der Waals surface area (Å²) in [6, 6.07) is 0. The lowest BCUT2D eigenvalue weighted by molar-refractivity contribution is -0.136. The number of rotatable bonds is 5. The van der Waals surface area contributed by atoms with Crippen molar-refractivity contribution in [1.82, 2.24) is 4.90 Å². The number of ketones is 1. The molecule has 0 aromatic carbocycles. The van der Waals surface area contributed by atoms with Gasteiger partial charge in [-0.15, -0.1) is 0 Å². The van der Waals surface area contributed by atoms with E-state index in [4.69, 9.17) is 5.11 Å². The molecule has 0 rings (SSSR count). The van der Waals surface area contributed by atoms with Crippen LogP contribution in [0.25, 0.3) is 0 Å². The van der Waals surface area contributed by atoms with E-state index < -0.39 is 11.4 Å². The van der Waals surface area contributed by atoms with Crippen LogP contribution < -0.4 is 0 Å². The lowest BCUT2D eigenvalue weighted by Crippen LogP contribution is -2.29. The zero-order valence-corrected chi connectivity index (χ0v) is 10.00. The predicted octanol–water partition coefficient (Wildman–Crippen LogP) is 1.52. The minimum atomic E-state index is -1.17. The average Bonchev–Trinajstić information content (AvgIpc) is 2.12. The Kier molecular flexibility index (Phi) is 4.52. The Hall–Kier alpha value is -1.32. The summed E-state index contributed by atoms with van der Waals surface area (Å²) in [6.07, 6.45) is 1.96. The predicted molar refractivity (Wildman–Crippen MR) is 58.5 cm³/mol. The normalized spacial score (nSPS) is 12.5. The highest BCUT2D eigenvalue weighted by atomic mass is 16.4. The van der Waals surface area contributed by atoms with Gasteiger partial charge >= 0.3 is 5.97 Å². The van der Waals surface area contributed by atoms with Crippen LogP contribution in [0.3, 0.4) is 0 Å². The summed E-state index contributed by atoms with van der Waals surface area (Å²) in [5, 5.41) is 8.94. The molecule has 0 bridgehead atoms. The molecule has 15 heavy (non-hydrogen) atoms. The van der Waals surface area contributed by atoms with Crippen LogP contribution in [0.4, 0.5) is 0 Å². The summed E-state index contributed by atoms with van der Waals surface area (Å²) in [7, 11) is 3.38. The van der Waals surface area contributed by atoms with E-state index in [0.717, 1.165) is 0 Å². The number of hydrogen-bond acceptors (Lipinski definition) is 3. The lowest BCUT2D eigenvalue weighted by atomic mass is 9.82. The van der Waals surface area contributed by atoms with Crippen molar-refractivity contribution in [3.63, 3.8) is 0 Å². The molecule has 0 saturated carbocycles. The van der Waals surface area contributed by atoms with Gasteiger partial charge in [0, 0.05) is 25.7 Å². The number of carboxylic acids is 1. The quantitative estimate of drug-likeness (QED) is 0.427. The smallest absolute Gasteiger partial charge is 0.340 e. The molecule has 0 spiro atoms. The molecular weight excluding hydrogens is 194 g/mol. The Morgan fingerprint density at radius 2 is 1.80 bits per heavy atom. The van der Waals surface area contributed by atoms with Crippen LogP contribution in [0.1, 0.15) is 27.2 Å². The molecule has 0 unspecified atom stereocenters. The molecule has 0 heterocycles. The third-order valence-corrected chi connectivity index (χ3v) is 2.36. The van der Waals surface area contributed by atoms with Crippen LogP contribution in [-0.2, 0) is 9.59 Å². The van der Waals surface area contributed by atoms with E-state index in [9.17, 15) is 9.59 Å². The van der Waals surface area contributed by atoms with E-state index in [1.54, 1.807) is 32.8 Å². The largest absolute Gasteiger partial charge is 0.478 e. The van der Waals surface area contributed by atoms with Crippen molar-refractivity contribution in [2.75, 3.05) is 14.1 Å². The van der Waals surface area contributed by atoms with Gasteiger partial charge in [0.2, 0.25) is 0 Å². The maximum atomic E-state index is 11.9. The summed E-state index contributed by atoms with van der Waals surface area (Å²) in [4.78, 5) is 24.4. The number of carboxylic acid groups (broad SMARTS) is 1. The van der Waals surface area contributed by atoms with Gasteiger partial charge in [-0.2, -0.15) is 0 Å². The Bertz CT molecular complexity index is 290. The van der Waals surface area contributed by atoms with E-state index in [-0.39, 0.29) is 11.4 Å². The van der Waals surface area contributed by atoms with E-state index in [0.29, 0.717) is 6.42 Å². The zero-order valence-electron chi connectivity index (χ0n) is 10.00. The first-order chi connectivity index (χ1) is 6.72. The Labute approximate surface area is 90.6 Å². The SMILES string of the molecule is CCC(C)(C)C(=O)C(=CN(C)C)C(=O)O. The number of carbonyl (C=O) groups is 2. The van der Waals surface area contributed by atoms with Crippen molar-refractivity contribution < 1.29 is 14.7 Å². The van der Waals surface area contributed by atoms with Gasteiger partial charge in [0.15, 0.2) is 5.78 Å². The van der Waals surface area contributed by atoms with Crippen LogP contribution in [0, 0.1) is 5.41 Å². The molecule has 0 aliphatic carbocycles. The first-order valence-electron chi connectivity index (χ1n) is 4.88. The highest BCUT2D eigenvalue weighted by Gasteiger charge is 2.31. The van der Waals surface area contributed by atoms with Crippen molar-refractivity contribution >= 4 is 11.8 Å². The summed E-state index contributed by atoms with van der Waals surface area (Å²) in [5.41, 5.74) is -0.785. The van der Waals surface area contributed by atoms with Gasteiger partial charge in [0.25, 0.3) is 0 Å². The maximum Gasteiger partial charge on any atom is 0.340 e. The van der Waals surface area contributed by atoms with Crippen LogP contribution in [0.15, 0.2) is 11.8 Å². The number of hydrogen-bond donors (Lipinski definition) is 1. The summed E-state index contributed by atoms with van der Waals surface area (Å²) < 4.78 is 0. The van der Waals surface area contributed by atoms with Gasteiger partial charge in [-0.25, -0.2) is 4.79 Å². The van der Waals surface area contributed by atoms with E-state index in [2.05, 4.69) is 0 Å². The zero-order chi connectivity index (χ0) is 12.2. The van der Waals surface area contributed by atoms with E-state index >= 15 is 0 Å². The standard InChI is InChI=1S/C11H19NO3/c1-6-11(2,3)9(13)8(10(14)15)7-12(4)5/h7H,6H2,1-5H3,(H,14,15). The fourth-order valence-corrected chi connectivity index (χ4v) is 0.994. The van der Waals surface area contributed by atoms with Crippen molar-refractivity contribution in [1.29, 1.82) is 0 Å². The minimum absolute atomic E-state index is 0.160. The molecule has 4 nitrogen and oxygen atoms in total. The first-order valence-corrected chi connectivity index (χ1v) is 4.88. The summed E-state index contributed by atoms with van der Waals surface area (Å²) in [6.45, 7) is 5.37. The van der Waals surface area contributed by atoms with Crippen molar-refractivity contribution in [2.45, 2.75) is 27.2 Å². The molecule has 0 aromatic heterocycles. The van der Waals surface area contributed by atoms with Crippen LogP contribution in [0.2, 0.25) is 0 Å². The molecule has 0 aromatic rings. The van der Waals surface area contributed by atoms with Crippen LogP contribution >= 0.6 is 0 Å². The Morgan fingerprint density at radius 3 is 2.07 bits per heavy atom. The highest BCUT2D eigenvalue weighted by Crippen LogP contribution is 2.25. The maximum absolute atomic E-state index is 11.9. The minimum Gasteiger partial charge on any atom is -0.478 e. The molecule has 0 amide bonds. The van der Waals surface area contributed by atoms with Crippen molar-refractivity contribution in [3.05, 3.63) is 11.8 Å². The molecule has 4 heteroatoms. The molecule has 0 saturated heterocycles. The number of nitrogens with zero attached hydrogens (tertiary/aromatic N) is 1. The molecule has 0 radical (unpaired) electrons. The monoisotopic (exact) mass is 213 g/mol. The van der Waals surface area contributed by atoms with Crippen LogP contribution in [-0.4, -0.2) is 35.9 Å². The van der Waals surface area contributed by atoms with Gasteiger partial charge < -0.3 is 10.0 Å². The fraction of sp³-hybridized carbons (Fsp3) is 0.636.